The van der Waals surface area contributed by atoms with Crippen LogP contribution in [0.15, 0.2) is 36.4 Å². The fraction of sp³-hybridized carbons (Fsp3) is 0.417. The van der Waals surface area contributed by atoms with E-state index in [-0.39, 0.29) is 30.9 Å². The predicted octanol–water partition coefficient (Wildman–Crippen LogP) is 2.23. The van der Waals surface area contributed by atoms with Crippen LogP contribution in [0.2, 0.25) is 5.02 Å². The van der Waals surface area contributed by atoms with Gasteiger partial charge in [-0.3, -0.25) is 0 Å². The van der Waals surface area contributed by atoms with Gasteiger partial charge in [-0.1, -0.05) is 41.9 Å². The van der Waals surface area contributed by atoms with Crippen LogP contribution in [0.5, 0.6) is 6.01 Å². The summed E-state index contributed by atoms with van der Waals surface area (Å²) >= 11 is 6.56. The van der Waals surface area contributed by atoms with E-state index in [0.717, 1.165) is 16.7 Å². The number of H-pyrrole nitrogens is 1. The summed E-state index contributed by atoms with van der Waals surface area (Å²) in [5.74, 6) is 0. The Morgan fingerprint density at radius 1 is 1.14 bits per heavy atom. The van der Waals surface area contributed by atoms with Crippen LogP contribution >= 0.6 is 11.6 Å². The van der Waals surface area contributed by atoms with Crippen molar-refractivity contribution in [3.05, 3.63) is 47.0 Å². The molecule has 2 saturated heterocycles. The Morgan fingerprint density at radius 2 is 1.89 bits per heavy atom. The van der Waals surface area contributed by atoms with Crippen molar-refractivity contribution < 1.29 is 27.7 Å². The molecule has 12 heteroatoms. The normalized spacial score (nSPS) is 26.8. The van der Waals surface area contributed by atoms with Gasteiger partial charge >= 0.3 is 0 Å². The fourth-order valence-electron chi connectivity index (χ4n) is 4.90. The summed E-state index contributed by atoms with van der Waals surface area (Å²) in [5, 5.41) is 10.4. The van der Waals surface area contributed by atoms with Gasteiger partial charge in [0.15, 0.2) is 11.8 Å². The van der Waals surface area contributed by atoms with Crippen molar-refractivity contribution in [2.75, 3.05) is 32.6 Å². The van der Waals surface area contributed by atoms with E-state index in [2.05, 4.69) is 15.0 Å². The first-order chi connectivity index (χ1) is 17.3. The summed E-state index contributed by atoms with van der Waals surface area (Å²) in [6.07, 6.45) is 2.09. The number of benzene rings is 1. The van der Waals surface area contributed by atoms with Crippen molar-refractivity contribution in [3.63, 3.8) is 0 Å². The summed E-state index contributed by atoms with van der Waals surface area (Å²) in [6, 6.07) is 9.92. The molecule has 0 spiro atoms. The Bertz CT molecular complexity index is 1440. The molecule has 6 rings (SSSR count). The molecule has 2 fully saturated rings. The predicted molar refractivity (Wildman–Crippen MR) is 133 cm³/mol. The number of aliphatic hydroxyl groups excluding tert-OH is 1. The molecule has 0 aliphatic carbocycles. The Hall–Kier alpha value is -2.54. The summed E-state index contributed by atoms with van der Waals surface area (Å²) in [6.45, 7) is 1.38. The zero-order chi connectivity index (χ0) is 25.0. The van der Waals surface area contributed by atoms with Crippen molar-refractivity contribution in [3.8, 4) is 17.3 Å². The van der Waals surface area contributed by atoms with E-state index in [1.54, 1.807) is 6.07 Å². The molecule has 2 aromatic heterocycles. The number of pyridine rings is 1. The van der Waals surface area contributed by atoms with Gasteiger partial charge in [0.1, 0.15) is 18.3 Å². The zero-order valence-corrected chi connectivity index (χ0v) is 21.0. The van der Waals surface area contributed by atoms with E-state index in [0.29, 0.717) is 48.0 Å². The molecule has 3 aliphatic rings. The summed E-state index contributed by atoms with van der Waals surface area (Å²) < 4.78 is 42.1. The van der Waals surface area contributed by atoms with E-state index in [1.165, 1.54) is 10.6 Å². The van der Waals surface area contributed by atoms with E-state index >= 15 is 0 Å². The van der Waals surface area contributed by atoms with Gasteiger partial charge in [0, 0.05) is 18.7 Å². The number of nitrogens with one attached hydrogen (secondary N) is 1. The summed E-state index contributed by atoms with van der Waals surface area (Å²) in [4.78, 5) is 12.2. The third kappa shape index (κ3) is 4.40. The topological polar surface area (TPSA) is 127 Å². The number of nitrogens with zero attached hydrogens (tertiary/aromatic N) is 3. The monoisotopic (exact) mass is 532 g/mol. The van der Waals surface area contributed by atoms with Crippen molar-refractivity contribution in [1.82, 2.24) is 19.3 Å². The third-order valence-corrected chi connectivity index (χ3v) is 8.38. The van der Waals surface area contributed by atoms with Crippen molar-refractivity contribution >= 4 is 38.4 Å². The van der Waals surface area contributed by atoms with Crippen LogP contribution in [0.25, 0.3) is 28.0 Å². The zero-order valence-electron chi connectivity index (χ0n) is 19.4. The molecule has 2 N–H and O–H groups in total. The first kappa shape index (κ1) is 23.8. The molecule has 3 aliphatic heterocycles. The minimum Gasteiger partial charge on any atom is -0.456 e. The van der Waals surface area contributed by atoms with Gasteiger partial charge in [-0.15, -0.1) is 0 Å². The molecule has 1 aromatic carbocycles. The average Bonchev–Trinajstić information content (AvgIpc) is 3.55. The van der Waals surface area contributed by atoms with Gasteiger partial charge in [0.05, 0.1) is 35.7 Å². The van der Waals surface area contributed by atoms with Gasteiger partial charge in [0.25, 0.3) is 6.01 Å². The number of fused-ring (bicyclic) bond motifs is 2. The van der Waals surface area contributed by atoms with Crippen LogP contribution in [0.1, 0.15) is 12.0 Å². The van der Waals surface area contributed by atoms with Gasteiger partial charge < -0.3 is 24.3 Å². The number of sulfonamides is 1. The number of hydrogen-bond acceptors (Lipinski definition) is 8. The smallest absolute Gasteiger partial charge is 0.296 e. The molecule has 4 atom stereocenters. The molecule has 3 aromatic rings. The molecule has 0 bridgehead atoms. The Kier molecular flexibility index (Phi) is 6.02. The molecule has 36 heavy (non-hydrogen) atoms. The van der Waals surface area contributed by atoms with E-state index in [1.807, 2.05) is 30.3 Å². The van der Waals surface area contributed by atoms with E-state index in [4.69, 9.17) is 25.8 Å². The maximum Gasteiger partial charge on any atom is 0.296 e. The number of hydrogen-bond donors (Lipinski definition) is 2. The first-order valence-electron chi connectivity index (χ1n) is 11.7. The molecular weight excluding hydrogens is 508 g/mol. The highest BCUT2D eigenvalue weighted by Gasteiger charge is 2.48. The maximum absolute atomic E-state index is 11.7. The van der Waals surface area contributed by atoms with Crippen LogP contribution in [0.3, 0.4) is 0 Å². The number of aliphatic hydroxyl groups is 1. The summed E-state index contributed by atoms with van der Waals surface area (Å²) in [5.41, 5.74) is 4.69. The number of rotatable bonds is 5. The summed E-state index contributed by atoms with van der Waals surface area (Å²) in [7, 11) is -3.18. The van der Waals surface area contributed by atoms with Gasteiger partial charge in [-0.25, -0.2) is 13.4 Å². The van der Waals surface area contributed by atoms with Crippen LogP contribution in [-0.4, -0.2) is 89.8 Å². The second-order valence-corrected chi connectivity index (χ2v) is 11.6. The number of aromatic amines is 1. The molecule has 0 unspecified atom stereocenters. The van der Waals surface area contributed by atoms with Crippen LogP contribution < -0.4 is 4.74 Å². The number of imidazole rings is 1. The number of halogens is 1. The Morgan fingerprint density at radius 3 is 2.61 bits per heavy atom. The molecule has 0 radical (unpaired) electrons. The Balaban J connectivity index is 1.20. The van der Waals surface area contributed by atoms with E-state index < -0.39 is 16.1 Å². The molecule has 5 heterocycles. The Labute approximate surface area is 212 Å². The minimum absolute atomic E-state index is 0.227. The van der Waals surface area contributed by atoms with Crippen molar-refractivity contribution in [2.24, 2.45) is 0 Å². The van der Waals surface area contributed by atoms with E-state index in [9.17, 15) is 13.5 Å². The maximum atomic E-state index is 11.7. The number of ether oxygens (including phenoxy) is 3. The second-order valence-electron chi connectivity index (χ2n) is 9.23. The van der Waals surface area contributed by atoms with Gasteiger partial charge in [-0.2, -0.15) is 9.29 Å². The van der Waals surface area contributed by atoms with Gasteiger partial charge in [-0.05, 0) is 23.6 Å². The standard InChI is InChI=1S/C24H25ClN4O6S/c1-36(31,32)29-8-6-14(7-9-29)13-2-4-15(5-3-13)20-16(25)10-17-23(27-20)28-24(26-17)35-19-12-34-21-18(30)11-33-22(19)21/h2-6,10,18-19,21-22,30H,7-9,11-12H2,1H3,(H,26,27,28)/t18-,19-,21-,22-/m1/s1. The minimum atomic E-state index is -3.18. The average molecular weight is 533 g/mol. The molecule has 0 saturated carbocycles. The van der Waals surface area contributed by atoms with Gasteiger partial charge in [0.2, 0.25) is 10.0 Å². The quantitative estimate of drug-likeness (QED) is 0.512. The molecular formula is C24H25ClN4O6S. The molecule has 0 amide bonds. The highest BCUT2D eigenvalue weighted by molar-refractivity contribution is 7.88. The lowest BCUT2D eigenvalue weighted by molar-refractivity contribution is 0.00706. The number of aromatic nitrogens is 3. The van der Waals surface area contributed by atoms with Crippen molar-refractivity contribution in [2.45, 2.75) is 30.8 Å². The second kappa shape index (κ2) is 9.09. The highest BCUT2D eigenvalue weighted by atomic mass is 35.5. The molecule has 10 nitrogen and oxygen atoms in total. The third-order valence-electron chi connectivity index (χ3n) is 6.82. The lowest BCUT2D eigenvalue weighted by Gasteiger charge is -2.24. The van der Waals surface area contributed by atoms with Crippen LogP contribution in [0.4, 0.5) is 0 Å². The first-order valence-corrected chi connectivity index (χ1v) is 13.9. The highest BCUT2D eigenvalue weighted by Crippen LogP contribution is 2.33. The largest absolute Gasteiger partial charge is 0.456 e. The lowest BCUT2D eigenvalue weighted by atomic mass is 9.98. The molecule has 190 valence electrons. The fourth-order valence-corrected chi connectivity index (χ4v) is 5.93. The van der Waals surface area contributed by atoms with Crippen molar-refractivity contribution in [1.29, 1.82) is 0 Å². The SMILES string of the molecule is CS(=O)(=O)N1CC=C(c2ccc(-c3nc4nc(O[C@@H]5CO[C@H]6[C@@H]5OC[C@H]6O)[nH]c4cc3Cl)cc2)CC1. The van der Waals surface area contributed by atoms with Crippen LogP contribution in [-0.2, 0) is 19.5 Å². The van der Waals surface area contributed by atoms with Crippen LogP contribution in [0, 0.1) is 0 Å². The lowest BCUT2D eigenvalue weighted by Crippen LogP contribution is -2.34.